The first kappa shape index (κ1) is 28.8. The van der Waals surface area contributed by atoms with Gasteiger partial charge in [-0.25, -0.2) is 9.59 Å². The van der Waals surface area contributed by atoms with Crippen LogP contribution in [-0.4, -0.2) is 43.5 Å². The number of esters is 2. The van der Waals surface area contributed by atoms with Crippen molar-refractivity contribution in [2.45, 2.75) is 31.3 Å². The number of hydrogen-bond donors (Lipinski definition) is 2. The van der Waals surface area contributed by atoms with Gasteiger partial charge in [0.05, 0.1) is 13.7 Å². The molecule has 0 unspecified atom stereocenters. The van der Waals surface area contributed by atoms with E-state index >= 15 is 0 Å². The van der Waals surface area contributed by atoms with Gasteiger partial charge >= 0.3 is 11.9 Å². The SMILES string of the molecule is CCOC(=O)/C=C\C(=O)N[C@@H](CCC(=O)NC(c1ccccc1)(c1ccccc1)c1ccccc1)C(=O)OC. The minimum atomic E-state index is -1.10. The van der Waals surface area contributed by atoms with Crippen LogP contribution in [0.25, 0.3) is 0 Å². The van der Waals surface area contributed by atoms with Crippen LogP contribution in [0.15, 0.2) is 103 Å². The Labute approximate surface area is 228 Å². The van der Waals surface area contributed by atoms with Crippen molar-refractivity contribution < 1.29 is 28.7 Å². The molecule has 0 spiro atoms. The van der Waals surface area contributed by atoms with Gasteiger partial charge < -0.3 is 20.1 Å². The Kier molecular flexibility index (Phi) is 10.6. The Balaban J connectivity index is 1.86. The molecule has 2 N–H and O–H groups in total. The lowest BCUT2D eigenvalue weighted by molar-refractivity contribution is -0.144. The molecule has 0 bridgehead atoms. The first-order valence-corrected chi connectivity index (χ1v) is 12.6. The zero-order valence-electron chi connectivity index (χ0n) is 22.0. The van der Waals surface area contributed by atoms with Crippen molar-refractivity contribution in [3.05, 3.63) is 120 Å². The van der Waals surface area contributed by atoms with E-state index in [2.05, 4.69) is 10.6 Å². The number of rotatable bonds is 12. The molecule has 39 heavy (non-hydrogen) atoms. The van der Waals surface area contributed by atoms with Crippen LogP contribution in [0.4, 0.5) is 0 Å². The van der Waals surface area contributed by atoms with Crippen molar-refractivity contribution in [1.82, 2.24) is 10.6 Å². The van der Waals surface area contributed by atoms with Gasteiger partial charge in [0.2, 0.25) is 11.8 Å². The molecule has 2 amide bonds. The maximum Gasteiger partial charge on any atom is 0.330 e. The molecule has 8 heteroatoms. The standard InChI is InChI=1S/C31H32N2O6/c1-3-39-29(36)22-21-27(34)32-26(30(37)38-2)19-20-28(35)33-31(23-13-7-4-8-14-23,24-15-9-5-10-16-24)25-17-11-6-12-18-25/h4-18,21-22,26H,3,19-20H2,1-2H3,(H,32,34)(H,33,35)/b22-21-/t26-/m0/s1. The van der Waals surface area contributed by atoms with Crippen LogP contribution in [0.5, 0.6) is 0 Å². The smallest absolute Gasteiger partial charge is 0.330 e. The maximum absolute atomic E-state index is 13.5. The monoisotopic (exact) mass is 528 g/mol. The highest BCUT2D eigenvalue weighted by atomic mass is 16.5. The van der Waals surface area contributed by atoms with Crippen molar-refractivity contribution >= 4 is 23.8 Å². The van der Waals surface area contributed by atoms with Gasteiger partial charge in [-0.15, -0.1) is 0 Å². The van der Waals surface area contributed by atoms with E-state index in [0.717, 1.165) is 28.8 Å². The predicted octanol–water partition coefficient (Wildman–Crippen LogP) is 3.65. The summed E-state index contributed by atoms with van der Waals surface area (Å²) in [7, 11) is 1.20. The van der Waals surface area contributed by atoms with Crippen LogP contribution in [0.3, 0.4) is 0 Å². The van der Waals surface area contributed by atoms with E-state index in [1.807, 2.05) is 91.0 Å². The Morgan fingerprint density at radius 3 is 1.72 bits per heavy atom. The minimum absolute atomic E-state index is 0.0219. The molecule has 3 aromatic carbocycles. The number of amides is 2. The quantitative estimate of drug-likeness (QED) is 0.211. The third-order valence-corrected chi connectivity index (χ3v) is 6.07. The lowest BCUT2D eigenvalue weighted by atomic mass is 9.77. The summed E-state index contributed by atoms with van der Waals surface area (Å²) in [5.74, 6) is -2.41. The normalized spacial score (nSPS) is 11.8. The van der Waals surface area contributed by atoms with Crippen LogP contribution >= 0.6 is 0 Å². The summed E-state index contributed by atoms with van der Waals surface area (Å²) in [5, 5.41) is 5.71. The van der Waals surface area contributed by atoms with Crippen LogP contribution < -0.4 is 10.6 Å². The number of ether oxygens (including phenoxy) is 2. The van der Waals surface area contributed by atoms with E-state index < -0.39 is 29.4 Å². The summed E-state index contributed by atoms with van der Waals surface area (Å²) >= 11 is 0. The zero-order valence-corrected chi connectivity index (χ0v) is 22.0. The van der Waals surface area contributed by atoms with Gasteiger partial charge in [-0.05, 0) is 30.0 Å². The third kappa shape index (κ3) is 7.64. The second-order valence-corrected chi connectivity index (χ2v) is 8.60. The Morgan fingerprint density at radius 1 is 0.795 bits per heavy atom. The molecule has 0 radical (unpaired) electrons. The number of nitrogens with one attached hydrogen (secondary N) is 2. The summed E-state index contributed by atoms with van der Waals surface area (Å²) in [6.45, 7) is 1.81. The van der Waals surface area contributed by atoms with E-state index in [9.17, 15) is 19.2 Å². The van der Waals surface area contributed by atoms with E-state index in [1.165, 1.54) is 7.11 Å². The number of hydrogen-bond acceptors (Lipinski definition) is 6. The molecule has 0 aromatic heterocycles. The molecule has 1 atom stereocenters. The van der Waals surface area contributed by atoms with Crippen LogP contribution in [-0.2, 0) is 34.2 Å². The van der Waals surface area contributed by atoms with Gasteiger partial charge in [-0.2, -0.15) is 0 Å². The highest BCUT2D eigenvalue weighted by Crippen LogP contribution is 2.36. The van der Waals surface area contributed by atoms with Crippen molar-refractivity contribution in [2.24, 2.45) is 0 Å². The minimum Gasteiger partial charge on any atom is -0.467 e. The molecule has 0 fully saturated rings. The third-order valence-electron chi connectivity index (χ3n) is 6.07. The van der Waals surface area contributed by atoms with E-state index in [-0.39, 0.29) is 25.4 Å². The topological polar surface area (TPSA) is 111 Å². The molecular formula is C31H32N2O6. The molecule has 0 heterocycles. The highest BCUT2D eigenvalue weighted by Gasteiger charge is 2.38. The van der Waals surface area contributed by atoms with Gasteiger partial charge in [0.1, 0.15) is 11.6 Å². The average Bonchev–Trinajstić information content (AvgIpc) is 2.98. The second kappa shape index (κ2) is 14.3. The molecule has 3 aromatic rings. The first-order chi connectivity index (χ1) is 18.9. The lowest BCUT2D eigenvalue weighted by Gasteiger charge is -2.37. The second-order valence-electron chi connectivity index (χ2n) is 8.60. The van der Waals surface area contributed by atoms with Gasteiger partial charge in [0, 0.05) is 18.6 Å². The first-order valence-electron chi connectivity index (χ1n) is 12.6. The zero-order chi connectivity index (χ0) is 28.1. The molecule has 8 nitrogen and oxygen atoms in total. The molecule has 0 aliphatic heterocycles. The van der Waals surface area contributed by atoms with E-state index in [0.29, 0.717) is 0 Å². The fraction of sp³-hybridized carbons (Fsp3) is 0.226. The Hall–Kier alpha value is -4.72. The van der Waals surface area contributed by atoms with Crippen LogP contribution in [0, 0.1) is 0 Å². The van der Waals surface area contributed by atoms with Crippen molar-refractivity contribution in [3.63, 3.8) is 0 Å². The molecular weight excluding hydrogens is 496 g/mol. The molecule has 0 aliphatic rings. The maximum atomic E-state index is 13.5. The molecule has 0 saturated carbocycles. The Morgan fingerprint density at radius 2 is 1.28 bits per heavy atom. The van der Waals surface area contributed by atoms with Gasteiger partial charge in [-0.3, -0.25) is 9.59 Å². The van der Waals surface area contributed by atoms with Crippen LogP contribution in [0.2, 0.25) is 0 Å². The van der Waals surface area contributed by atoms with Crippen molar-refractivity contribution in [1.29, 1.82) is 0 Å². The molecule has 3 rings (SSSR count). The summed E-state index contributed by atoms with van der Waals surface area (Å²) in [5.41, 5.74) is 1.57. The number of carbonyl (C=O) groups is 4. The lowest BCUT2D eigenvalue weighted by Crippen LogP contribution is -2.48. The van der Waals surface area contributed by atoms with Crippen molar-refractivity contribution in [2.75, 3.05) is 13.7 Å². The summed E-state index contributed by atoms with van der Waals surface area (Å²) in [6.07, 6.45) is 1.83. The van der Waals surface area contributed by atoms with E-state index in [1.54, 1.807) is 6.92 Å². The highest BCUT2D eigenvalue weighted by molar-refractivity contribution is 5.96. The largest absolute Gasteiger partial charge is 0.467 e. The molecule has 0 saturated heterocycles. The molecule has 0 aliphatic carbocycles. The van der Waals surface area contributed by atoms with Crippen molar-refractivity contribution in [3.8, 4) is 0 Å². The summed E-state index contributed by atoms with van der Waals surface area (Å²) < 4.78 is 9.57. The number of carbonyl (C=O) groups excluding carboxylic acids is 4. The molecule has 202 valence electrons. The van der Waals surface area contributed by atoms with E-state index in [4.69, 9.17) is 9.47 Å². The van der Waals surface area contributed by atoms with Crippen LogP contribution in [0.1, 0.15) is 36.5 Å². The summed E-state index contributed by atoms with van der Waals surface area (Å²) in [4.78, 5) is 49.7. The van der Waals surface area contributed by atoms with Gasteiger partial charge in [0.25, 0.3) is 0 Å². The van der Waals surface area contributed by atoms with Gasteiger partial charge in [0.15, 0.2) is 0 Å². The fourth-order valence-electron chi connectivity index (χ4n) is 4.27. The fourth-order valence-corrected chi connectivity index (χ4v) is 4.27. The average molecular weight is 529 g/mol. The van der Waals surface area contributed by atoms with Gasteiger partial charge in [-0.1, -0.05) is 91.0 Å². The summed E-state index contributed by atoms with van der Waals surface area (Å²) in [6, 6.07) is 27.8. The number of methoxy groups -OCH3 is 1. The Bertz CT molecular complexity index is 1180. The number of benzene rings is 3. The predicted molar refractivity (Wildman–Crippen MR) is 146 cm³/mol.